The third kappa shape index (κ3) is 2.70. The first-order valence-corrected chi connectivity index (χ1v) is 5.86. The third-order valence-corrected chi connectivity index (χ3v) is 3.60. The Morgan fingerprint density at radius 1 is 1.20 bits per heavy atom. The molecule has 0 aliphatic rings. The normalized spacial score (nSPS) is 10.2. The van der Waals surface area contributed by atoms with Gasteiger partial charge in [0, 0.05) is 17.3 Å². The van der Waals surface area contributed by atoms with Crippen molar-refractivity contribution in [2.75, 3.05) is 5.73 Å². The average molecular weight is 282 g/mol. The molecule has 0 spiro atoms. The molecule has 0 amide bonds. The summed E-state index contributed by atoms with van der Waals surface area (Å²) >= 11 is 4.99. The van der Waals surface area contributed by atoms with Crippen molar-refractivity contribution in [3.05, 3.63) is 41.1 Å². The molecule has 0 saturated carbocycles. The van der Waals surface area contributed by atoms with Gasteiger partial charge in [-0.25, -0.2) is 9.97 Å². The van der Waals surface area contributed by atoms with E-state index < -0.39 is 0 Å². The molecule has 15 heavy (non-hydrogen) atoms. The summed E-state index contributed by atoms with van der Waals surface area (Å²) < 4.78 is 0.979. The average Bonchev–Trinajstić information content (AvgIpc) is 2.25. The lowest BCUT2D eigenvalue weighted by Crippen LogP contribution is -1.88. The molecule has 2 N–H and O–H groups in total. The molecule has 5 heteroatoms. The molecule has 0 bridgehead atoms. The SMILES string of the molecule is Nc1ccc(Sc2ncccc2Br)cn1. The Kier molecular flexibility index (Phi) is 3.23. The van der Waals surface area contributed by atoms with E-state index in [2.05, 4.69) is 25.9 Å². The molecule has 0 saturated heterocycles. The van der Waals surface area contributed by atoms with E-state index in [9.17, 15) is 0 Å². The molecule has 0 aliphatic heterocycles. The number of nitrogen functional groups attached to an aromatic ring is 1. The van der Waals surface area contributed by atoms with Crippen molar-refractivity contribution in [2.45, 2.75) is 9.92 Å². The monoisotopic (exact) mass is 281 g/mol. The molecule has 0 fully saturated rings. The predicted molar refractivity (Wildman–Crippen MR) is 64.7 cm³/mol. The highest BCUT2D eigenvalue weighted by Crippen LogP contribution is 2.30. The molecular weight excluding hydrogens is 274 g/mol. The van der Waals surface area contributed by atoms with E-state index in [0.717, 1.165) is 14.4 Å². The summed E-state index contributed by atoms with van der Waals surface area (Å²) in [4.78, 5) is 9.29. The Balaban J connectivity index is 2.22. The number of rotatable bonds is 2. The van der Waals surface area contributed by atoms with E-state index in [0.29, 0.717) is 5.82 Å². The zero-order valence-corrected chi connectivity index (χ0v) is 10.1. The quantitative estimate of drug-likeness (QED) is 0.920. The predicted octanol–water partition coefficient (Wildman–Crippen LogP) is 2.97. The fourth-order valence-electron chi connectivity index (χ4n) is 1.01. The van der Waals surface area contributed by atoms with Crippen LogP contribution < -0.4 is 5.73 Å². The van der Waals surface area contributed by atoms with Gasteiger partial charge in [0.05, 0.1) is 4.47 Å². The molecule has 2 aromatic rings. The number of nitrogens with two attached hydrogens (primary N) is 1. The summed E-state index contributed by atoms with van der Waals surface area (Å²) in [5.74, 6) is 0.527. The highest BCUT2D eigenvalue weighted by atomic mass is 79.9. The van der Waals surface area contributed by atoms with Crippen LogP contribution in [0.25, 0.3) is 0 Å². The van der Waals surface area contributed by atoms with Crippen LogP contribution >= 0.6 is 27.7 Å². The van der Waals surface area contributed by atoms with Gasteiger partial charge in [-0.2, -0.15) is 0 Å². The van der Waals surface area contributed by atoms with Crippen molar-refractivity contribution in [2.24, 2.45) is 0 Å². The molecule has 0 unspecified atom stereocenters. The van der Waals surface area contributed by atoms with Gasteiger partial charge in [-0.1, -0.05) is 11.8 Å². The zero-order valence-electron chi connectivity index (χ0n) is 7.72. The first kappa shape index (κ1) is 10.4. The second-order valence-electron chi connectivity index (χ2n) is 2.81. The Labute approximate surface area is 100 Å². The van der Waals surface area contributed by atoms with Crippen LogP contribution in [0.3, 0.4) is 0 Å². The summed E-state index contributed by atoms with van der Waals surface area (Å²) in [7, 11) is 0. The third-order valence-electron chi connectivity index (χ3n) is 1.70. The molecule has 2 heterocycles. The van der Waals surface area contributed by atoms with Crippen molar-refractivity contribution in [1.82, 2.24) is 9.97 Å². The lowest BCUT2D eigenvalue weighted by molar-refractivity contribution is 1.10. The summed E-state index contributed by atoms with van der Waals surface area (Å²) in [5, 5.41) is 0.920. The van der Waals surface area contributed by atoms with Crippen LogP contribution in [0, 0.1) is 0 Å². The van der Waals surface area contributed by atoms with E-state index in [1.807, 2.05) is 18.2 Å². The minimum Gasteiger partial charge on any atom is -0.384 e. The number of pyridine rings is 2. The number of anilines is 1. The van der Waals surface area contributed by atoms with Crippen molar-refractivity contribution >= 4 is 33.5 Å². The van der Waals surface area contributed by atoms with E-state index in [1.54, 1.807) is 30.2 Å². The van der Waals surface area contributed by atoms with Gasteiger partial charge >= 0.3 is 0 Å². The molecule has 0 aromatic carbocycles. The Morgan fingerprint density at radius 3 is 2.73 bits per heavy atom. The lowest BCUT2D eigenvalue weighted by Gasteiger charge is -2.02. The molecule has 0 aliphatic carbocycles. The van der Waals surface area contributed by atoms with Crippen LogP contribution in [0.4, 0.5) is 5.82 Å². The van der Waals surface area contributed by atoms with Crippen LogP contribution in [-0.2, 0) is 0 Å². The second-order valence-corrected chi connectivity index (χ2v) is 4.73. The topological polar surface area (TPSA) is 51.8 Å². The van der Waals surface area contributed by atoms with Gasteiger partial charge in [-0.05, 0) is 40.2 Å². The second kappa shape index (κ2) is 4.63. The summed E-state index contributed by atoms with van der Waals surface area (Å²) in [5.41, 5.74) is 5.50. The minimum atomic E-state index is 0.527. The minimum absolute atomic E-state index is 0.527. The molecule has 3 nitrogen and oxygen atoms in total. The van der Waals surface area contributed by atoms with Gasteiger partial charge in [0.15, 0.2) is 0 Å². The largest absolute Gasteiger partial charge is 0.384 e. The van der Waals surface area contributed by atoms with E-state index >= 15 is 0 Å². The number of hydrogen-bond donors (Lipinski definition) is 1. The first-order valence-electron chi connectivity index (χ1n) is 4.25. The fraction of sp³-hybridized carbons (Fsp3) is 0. The van der Waals surface area contributed by atoms with Crippen LogP contribution in [0.5, 0.6) is 0 Å². The van der Waals surface area contributed by atoms with Crippen molar-refractivity contribution < 1.29 is 0 Å². The Morgan fingerprint density at radius 2 is 2.07 bits per heavy atom. The van der Waals surface area contributed by atoms with E-state index in [4.69, 9.17) is 5.73 Å². The van der Waals surface area contributed by atoms with Gasteiger partial charge in [0.1, 0.15) is 10.8 Å². The van der Waals surface area contributed by atoms with Crippen molar-refractivity contribution in [3.8, 4) is 0 Å². The molecule has 2 aromatic heterocycles. The maximum atomic E-state index is 5.50. The smallest absolute Gasteiger partial charge is 0.123 e. The molecule has 0 radical (unpaired) electrons. The highest BCUT2D eigenvalue weighted by Gasteiger charge is 2.02. The van der Waals surface area contributed by atoms with Gasteiger partial charge in [0.25, 0.3) is 0 Å². The summed E-state index contributed by atoms with van der Waals surface area (Å²) in [6.07, 6.45) is 3.50. The van der Waals surface area contributed by atoms with Crippen molar-refractivity contribution in [3.63, 3.8) is 0 Å². The van der Waals surface area contributed by atoms with Crippen LogP contribution in [0.15, 0.2) is 51.1 Å². The van der Waals surface area contributed by atoms with Crippen LogP contribution in [-0.4, -0.2) is 9.97 Å². The van der Waals surface area contributed by atoms with Gasteiger partial charge in [0.2, 0.25) is 0 Å². The number of nitrogens with zero attached hydrogens (tertiary/aromatic N) is 2. The fourth-order valence-corrected chi connectivity index (χ4v) is 2.25. The number of aromatic nitrogens is 2. The highest BCUT2D eigenvalue weighted by molar-refractivity contribution is 9.10. The van der Waals surface area contributed by atoms with Crippen LogP contribution in [0.1, 0.15) is 0 Å². The van der Waals surface area contributed by atoms with Gasteiger partial charge < -0.3 is 5.73 Å². The number of hydrogen-bond acceptors (Lipinski definition) is 4. The Bertz CT molecular complexity index is 458. The van der Waals surface area contributed by atoms with Crippen molar-refractivity contribution in [1.29, 1.82) is 0 Å². The standard InChI is InChI=1S/C10H8BrN3S/c11-8-2-1-5-13-10(8)15-7-3-4-9(12)14-6-7/h1-6H,(H2,12,14). The zero-order chi connectivity index (χ0) is 10.7. The van der Waals surface area contributed by atoms with Crippen LogP contribution in [0.2, 0.25) is 0 Å². The maximum absolute atomic E-state index is 5.50. The molecule has 76 valence electrons. The first-order chi connectivity index (χ1) is 7.25. The maximum Gasteiger partial charge on any atom is 0.123 e. The Hall–Kier alpha value is -1.07. The molecule has 0 atom stereocenters. The summed E-state index contributed by atoms with van der Waals surface area (Å²) in [6, 6.07) is 7.54. The van der Waals surface area contributed by atoms with Gasteiger partial charge in [-0.3, -0.25) is 0 Å². The molecule has 2 rings (SSSR count). The van der Waals surface area contributed by atoms with E-state index in [1.165, 1.54) is 0 Å². The lowest BCUT2D eigenvalue weighted by atomic mass is 10.5. The molecular formula is C10H8BrN3S. The number of halogens is 1. The van der Waals surface area contributed by atoms with E-state index in [-0.39, 0.29) is 0 Å². The van der Waals surface area contributed by atoms with Gasteiger partial charge in [-0.15, -0.1) is 0 Å². The summed E-state index contributed by atoms with van der Waals surface area (Å²) in [6.45, 7) is 0.